The molecule has 9 heteroatoms. The van der Waals surface area contributed by atoms with E-state index in [-0.39, 0.29) is 22.8 Å². The SMILES string of the molecule is Fc1ccc2ncc(-c3nc(Cl)c(F)c(N[C@@H]4CCCNC4)n3)n2c1. The molecule has 2 N–H and O–H groups in total. The number of imidazole rings is 1. The van der Waals surface area contributed by atoms with Crippen molar-refractivity contribution >= 4 is 23.1 Å². The van der Waals surface area contributed by atoms with Crippen molar-refractivity contribution in [3.05, 3.63) is 41.3 Å². The lowest BCUT2D eigenvalue weighted by atomic mass is 10.1. The molecule has 0 spiro atoms. The van der Waals surface area contributed by atoms with Gasteiger partial charge in [0.2, 0.25) is 5.82 Å². The molecule has 4 rings (SSSR count). The summed E-state index contributed by atoms with van der Waals surface area (Å²) in [5.41, 5.74) is 0.965. The Bertz CT molecular complexity index is 922. The van der Waals surface area contributed by atoms with E-state index in [0.29, 0.717) is 11.3 Å². The second-order valence-electron chi connectivity index (χ2n) is 5.91. The van der Waals surface area contributed by atoms with Crippen LogP contribution < -0.4 is 10.6 Å². The summed E-state index contributed by atoms with van der Waals surface area (Å²) in [4.78, 5) is 12.4. The molecule has 25 heavy (non-hydrogen) atoms. The summed E-state index contributed by atoms with van der Waals surface area (Å²) >= 11 is 5.95. The average Bonchev–Trinajstić information content (AvgIpc) is 3.02. The number of nitrogens with one attached hydrogen (secondary N) is 2. The zero-order valence-electron chi connectivity index (χ0n) is 13.1. The molecular weight excluding hydrogens is 350 g/mol. The average molecular weight is 365 g/mol. The maximum Gasteiger partial charge on any atom is 0.202 e. The Morgan fingerprint density at radius 1 is 1.28 bits per heavy atom. The maximum absolute atomic E-state index is 14.3. The lowest BCUT2D eigenvalue weighted by Gasteiger charge is -2.24. The fourth-order valence-corrected chi connectivity index (χ4v) is 3.09. The van der Waals surface area contributed by atoms with Crippen LogP contribution in [0.5, 0.6) is 0 Å². The molecule has 1 aliphatic heterocycles. The van der Waals surface area contributed by atoms with E-state index in [1.54, 1.807) is 0 Å². The van der Waals surface area contributed by atoms with E-state index in [4.69, 9.17) is 11.6 Å². The van der Waals surface area contributed by atoms with Gasteiger partial charge in [-0.15, -0.1) is 0 Å². The van der Waals surface area contributed by atoms with Gasteiger partial charge >= 0.3 is 0 Å². The Kier molecular flexibility index (Phi) is 4.22. The topological polar surface area (TPSA) is 67.1 Å². The number of aromatic nitrogens is 4. The van der Waals surface area contributed by atoms with Gasteiger partial charge in [-0.25, -0.2) is 19.3 Å². The fourth-order valence-electron chi connectivity index (χ4n) is 2.92. The number of halogens is 3. The van der Waals surface area contributed by atoms with Crippen molar-refractivity contribution in [2.45, 2.75) is 18.9 Å². The maximum atomic E-state index is 14.3. The van der Waals surface area contributed by atoms with Gasteiger partial charge < -0.3 is 10.6 Å². The predicted octanol–water partition coefficient (Wildman–Crippen LogP) is 2.89. The lowest BCUT2D eigenvalue weighted by Crippen LogP contribution is -2.38. The van der Waals surface area contributed by atoms with Gasteiger partial charge in [0, 0.05) is 18.8 Å². The summed E-state index contributed by atoms with van der Waals surface area (Å²) in [7, 11) is 0. The van der Waals surface area contributed by atoms with Crippen LogP contribution >= 0.6 is 11.6 Å². The highest BCUT2D eigenvalue weighted by atomic mass is 35.5. The van der Waals surface area contributed by atoms with E-state index in [9.17, 15) is 8.78 Å². The third-order valence-corrected chi connectivity index (χ3v) is 4.40. The summed E-state index contributed by atoms with van der Waals surface area (Å²) in [6.45, 7) is 1.67. The van der Waals surface area contributed by atoms with Crippen molar-refractivity contribution in [2.24, 2.45) is 0 Å². The molecule has 1 fully saturated rings. The molecule has 0 radical (unpaired) electrons. The molecule has 1 aliphatic rings. The summed E-state index contributed by atoms with van der Waals surface area (Å²) in [6, 6.07) is 2.91. The first-order chi connectivity index (χ1) is 12.1. The van der Waals surface area contributed by atoms with Gasteiger partial charge in [-0.05, 0) is 31.5 Å². The number of pyridine rings is 1. The zero-order valence-corrected chi connectivity index (χ0v) is 13.9. The van der Waals surface area contributed by atoms with Crippen molar-refractivity contribution in [1.29, 1.82) is 0 Å². The minimum atomic E-state index is -0.698. The zero-order chi connectivity index (χ0) is 17.4. The van der Waals surface area contributed by atoms with E-state index >= 15 is 0 Å². The highest BCUT2D eigenvalue weighted by Crippen LogP contribution is 2.26. The van der Waals surface area contributed by atoms with Gasteiger partial charge in [0.25, 0.3) is 0 Å². The smallest absolute Gasteiger partial charge is 0.202 e. The van der Waals surface area contributed by atoms with Crippen molar-refractivity contribution < 1.29 is 8.78 Å². The molecule has 130 valence electrons. The summed E-state index contributed by atoms with van der Waals surface area (Å²) < 4.78 is 29.4. The quantitative estimate of drug-likeness (QED) is 0.699. The van der Waals surface area contributed by atoms with E-state index in [0.717, 1.165) is 25.9 Å². The fraction of sp³-hybridized carbons (Fsp3) is 0.312. The van der Waals surface area contributed by atoms with E-state index in [1.165, 1.54) is 28.9 Å². The van der Waals surface area contributed by atoms with Crippen LogP contribution in [0.25, 0.3) is 17.2 Å². The number of hydrogen-bond donors (Lipinski definition) is 2. The number of piperidine rings is 1. The predicted molar refractivity (Wildman–Crippen MR) is 90.7 cm³/mol. The third-order valence-electron chi connectivity index (χ3n) is 4.15. The molecule has 0 aromatic carbocycles. The highest BCUT2D eigenvalue weighted by molar-refractivity contribution is 6.29. The molecule has 1 atom stereocenters. The number of anilines is 1. The van der Waals surface area contributed by atoms with Crippen LogP contribution in [0.1, 0.15) is 12.8 Å². The number of fused-ring (bicyclic) bond motifs is 1. The summed E-state index contributed by atoms with van der Waals surface area (Å²) in [5.74, 6) is -0.909. The third kappa shape index (κ3) is 3.14. The van der Waals surface area contributed by atoms with Crippen molar-refractivity contribution in [1.82, 2.24) is 24.7 Å². The molecule has 3 aromatic rings. The molecule has 1 saturated heterocycles. The molecule has 4 heterocycles. The highest BCUT2D eigenvalue weighted by Gasteiger charge is 2.20. The number of hydrogen-bond acceptors (Lipinski definition) is 5. The minimum absolute atomic E-state index is 0.0371. The molecule has 0 bridgehead atoms. The Labute approximate surface area is 147 Å². The standard InChI is InChI=1S/C16H15ClF2N6/c17-14-13(19)16(22-10-2-1-5-20-6-10)24-15(23-14)11-7-21-12-4-3-9(18)8-25(11)12/h3-4,7-8,10,20H,1-2,5-6H2,(H,22,23,24)/t10-/m1/s1. The normalized spacial score (nSPS) is 17.8. The van der Waals surface area contributed by atoms with Crippen LogP contribution in [0.4, 0.5) is 14.6 Å². The van der Waals surface area contributed by atoms with E-state index in [2.05, 4.69) is 25.6 Å². The minimum Gasteiger partial charge on any atom is -0.363 e. The van der Waals surface area contributed by atoms with Crippen LogP contribution in [0.3, 0.4) is 0 Å². The number of rotatable bonds is 3. The molecule has 0 saturated carbocycles. The van der Waals surface area contributed by atoms with Crippen LogP contribution in [0.2, 0.25) is 5.15 Å². The molecule has 0 aliphatic carbocycles. The first kappa shape index (κ1) is 16.2. The largest absolute Gasteiger partial charge is 0.363 e. The lowest BCUT2D eigenvalue weighted by molar-refractivity contribution is 0.476. The van der Waals surface area contributed by atoms with E-state index < -0.39 is 11.6 Å². The first-order valence-electron chi connectivity index (χ1n) is 7.95. The van der Waals surface area contributed by atoms with Crippen LogP contribution in [0, 0.1) is 11.6 Å². The Hall–Kier alpha value is -2.32. The Morgan fingerprint density at radius 3 is 2.96 bits per heavy atom. The molecular formula is C16H15ClF2N6. The monoisotopic (exact) mass is 364 g/mol. The van der Waals surface area contributed by atoms with Crippen molar-refractivity contribution in [3.63, 3.8) is 0 Å². The second-order valence-corrected chi connectivity index (χ2v) is 6.27. The van der Waals surface area contributed by atoms with Gasteiger partial charge in [0.1, 0.15) is 17.2 Å². The van der Waals surface area contributed by atoms with Crippen molar-refractivity contribution in [3.8, 4) is 11.5 Å². The Balaban J connectivity index is 1.75. The van der Waals surface area contributed by atoms with E-state index in [1.807, 2.05) is 0 Å². The Morgan fingerprint density at radius 2 is 2.16 bits per heavy atom. The molecule has 0 amide bonds. The van der Waals surface area contributed by atoms with Crippen LogP contribution in [-0.2, 0) is 0 Å². The number of nitrogens with zero attached hydrogens (tertiary/aromatic N) is 4. The summed E-state index contributed by atoms with van der Waals surface area (Å²) in [6.07, 6.45) is 4.68. The van der Waals surface area contributed by atoms with Gasteiger partial charge in [-0.2, -0.15) is 4.39 Å². The molecule has 3 aromatic heterocycles. The van der Waals surface area contributed by atoms with Gasteiger partial charge in [0.05, 0.1) is 6.20 Å². The van der Waals surface area contributed by atoms with Crippen LogP contribution in [-0.4, -0.2) is 38.5 Å². The molecule has 0 unspecified atom stereocenters. The second kappa shape index (κ2) is 6.53. The van der Waals surface area contributed by atoms with Crippen LogP contribution in [0.15, 0.2) is 24.5 Å². The first-order valence-corrected chi connectivity index (χ1v) is 8.33. The van der Waals surface area contributed by atoms with Crippen molar-refractivity contribution in [2.75, 3.05) is 18.4 Å². The van der Waals surface area contributed by atoms with Gasteiger partial charge in [-0.1, -0.05) is 11.6 Å². The molecule has 6 nitrogen and oxygen atoms in total. The summed E-state index contributed by atoms with van der Waals surface area (Å²) in [5, 5.41) is 6.03. The van der Waals surface area contributed by atoms with Gasteiger partial charge in [-0.3, -0.25) is 4.40 Å². The van der Waals surface area contributed by atoms with Gasteiger partial charge in [0.15, 0.2) is 16.8 Å².